The number of carbonyl (C=O) groups is 2. The SMILES string of the molecule is O=C(O)Cc1nc(CCCCCCCCCCCCc2noc(CC(=O)O)n2)no1. The summed E-state index contributed by atoms with van der Waals surface area (Å²) < 4.78 is 9.78. The monoisotopic (exact) mass is 422 g/mol. The normalized spacial score (nSPS) is 11.1. The molecule has 10 heteroatoms. The van der Waals surface area contributed by atoms with Crippen molar-refractivity contribution in [1.29, 1.82) is 0 Å². The Labute approximate surface area is 175 Å². The second-order valence-electron chi connectivity index (χ2n) is 7.39. The van der Waals surface area contributed by atoms with Gasteiger partial charge >= 0.3 is 11.9 Å². The maximum atomic E-state index is 10.6. The van der Waals surface area contributed by atoms with Crippen molar-refractivity contribution < 1.29 is 28.8 Å². The summed E-state index contributed by atoms with van der Waals surface area (Å²) >= 11 is 0. The molecule has 0 aliphatic heterocycles. The van der Waals surface area contributed by atoms with Crippen LogP contribution >= 0.6 is 0 Å². The van der Waals surface area contributed by atoms with Crippen LogP contribution in [0.2, 0.25) is 0 Å². The molecule has 0 aliphatic carbocycles. The molecule has 0 aromatic carbocycles. The van der Waals surface area contributed by atoms with Crippen LogP contribution in [0.4, 0.5) is 0 Å². The zero-order valence-corrected chi connectivity index (χ0v) is 17.2. The summed E-state index contributed by atoms with van der Waals surface area (Å²) in [6, 6.07) is 0. The van der Waals surface area contributed by atoms with E-state index >= 15 is 0 Å². The Kier molecular flexibility index (Phi) is 10.5. The number of unbranched alkanes of at least 4 members (excludes halogenated alkanes) is 9. The molecule has 0 amide bonds. The van der Waals surface area contributed by atoms with Gasteiger partial charge in [-0.15, -0.1) is 0 Å². The highest BCUT2D eigenvalue weighted by atomic mass is 16.5. The van der Waals surface area contributed by atoms with Crippen molar-refractivity contribution in [3.05, 3.63) is 23.4 Å². The maximum absolute atomic E-state index is 10.6. The maximum Gasteiger partial charge on any atom is 0.312 e. The lowest BCUT2D eigenvalue weighted by atomic mass is 10.0. The van der Waals surface area contributed by atoms with E-state index in [0.717, 1.165) is 38.5 Å². The van der Waals surface area contributed by atoms with Crippen LogP contribution in [-0.2, 0) is 35.3 Å². The lowest BCUT2D eigenvalue weighted by Crippen LogP contribution is -2.00. The number of carboxylic acids is 2. The summed E-state index contributed by atoms with van der Waals surface area (Å²) in [5.41, 5.74) is 0. The Balaban J connectivity index is 1.37. The molecule has 0 saturated heterocycles. The summed E-state index contributed by atoms with van der Waals surface area (Å²) in [5.74, 6) is -0.432. The molecular formula is C20H30N4O6. The van der Waals surface area contributed by atoms with Gasteiger partial charge < -0.3 is 19.3 Å². The summed E-state index contributed by atoms with van der Waals surface area (Å²) in [4.78, 5) is 29.3. The molecule has 0 spiro atoms. The summed E-state index contributed by atoms with van der Waals surface area (Å²) in [7, 11) is 0. The highest BCUT2D eigenvalue weighted by Crippen LogP contribution is 2.13. The zero-order chi connectivity index (χ0) is 21.6. The Hall–Kier alpha value is -2.78. The van der Waals surface area contributed by atoms with E-state index in [1.165, 1.54) is 38.5 Å². The fourth-order valence-electron chi connectivity index (χ4n) is 3.17. The average Bonchev–Trinajstić information content (AvgIpc) is 3.31. The molecular weight excluding hydrogens is 392 g/mol. The van der Waals surface area contributed by atoms with E-state index in [-0.39, 0.29) is 24.6 Å². The summed E-state index contributed by atoms with van der Waals surface area (Å²) in [6.45, 7) is 0. The first kappa shape index (κ1) is 23.5. The Morgan fingerprint density at radius 1 is 0.600 bits per heavy atom. The van der Waals surface area contributed by atoms with Gasteiger partial charge in [0.25, 0.3) is 0 Å². The van der Waals surface area contributed by atoms with Crippen molar-refractivity contribution in [2.75, 3.05) is 0 Å². The van der Waals surface area contributed by atoms with Crippen molar-refractivity contribution in [2.24, 2.45) is 0 Å². The van der Waals surface area contributed by atoms with E-state index in [9.17, 15) is 9.59 Å². The molecule has 2 rings (SSSR count). The molecule has 2 N–H and O–H groups in total. The van der Waals surface area contributed by atoms with Crippen LogP contribution in [-0.4, -0.2) is 42.4 Å². The van der Waals surface area contributed by atoms with E-state index in [1.807, 2.05) is 0 Å². The Bertz CT molecular complexity index is 709. The van der Waals surface area contributed by atoms with Gasteiger partial charge in [0, 0.05) is 12.8 Å². The van der Waals surface area contributed by atoms with Gasteiger partial charge in [-0.05, 0) is 12.8 Å². The van der Waals surface area contributed by atoms with E-state index in [0.29, 0.717) is 11.6 Å². The van der Waals surface area contributed by atoms with Crippen molar-refractivity contribution in [2.45, 2.75) is 89.9 Å². The number of hydrogen-bond acceptors (Lipinski definition) is 8. The van der Waals surface area contributed by atoms with Gasteiger partial charge in [0.1, 0.15) is 12.8 Å². The number of aryl methyl sites for hydroxylation is 2. The minimum Gasteiger partial charge on any atom is -0.481 e. The van der Waals surface area contributed by atoms with Gasteiger partial charge in [-0.2, -0.15) is 9.97 Å². The largest absolute Gasteiger partial charge is 0.481 e. The zero-order valence-electron chi connectivity index (χ0n) is 17.2. The summed E-state index contributed by atoms with van der Waals surface area (Å²) in [6.07, 6.45) is 12.4. The van der Waals surface area contributed by atoms with Crippen molar-refractivity contribution >= 4 is 11.9 Å². The topological polar surface area (TPSA) is 152 Å². The predicted molar refractivity (Wildman–Crippen MR) is 105 cm³/mol. The van der Waals surface area contributed by atoms with Gasteiger partial charge in [-0.3, -0.25) is 9.59 Å². The van der Waals surface area contributed by atoms with Crippen LogP contribution in [0.25, 0.3) is 0 Å². The van der Waals surface area contributed by atoms with Crippen molar-refractivity contribution in [1.82, 2.24) is 20.3 Å². The first-order chi connectivity index (χ1) is 14.5. The van der Waals surface area contributed by atoms with Gasteiger partial charge in [0.15, 0.2) is 11.6 Å². The van der Waals surface area contributed by atoms with E-state index < -0.39 is 11.9 Å². The quantitative estimate of drug-likeness (QED) is 0.363. The van der Waals surface area contributed by atoms with Crippen LogP contribution < -0.4 is 0 Å². The van der Waals surface area contributed by atoms with Crippen LogP contribution in [0.5, 0.6) is 0 Å². The number of aliphatic carboxylic acids is 2. The second-order valence-corrected chi connectivity index (χ2v) is 7.39. The molecule has 2 heterocycles. The van der Waals surface area contributed by atoms with E-state index in [1.54, 1.807) is 0 Å². The second kappa shape index (κ2) is 13.4. The van der Waals surface area contributed by atoms with Crippen LogP contribution in [0, 0.1) is 0 Å². The molecule has 0 unspecified atom stereocenters. The van der Waals surface area contributed by atoms with Gasteiger partial charge in [0.2, 0.25) is 11.8 Å². The average molecular weight is 422 g/mol. The van der Waals surface area contributed by atoms with Crippen LogP contribution in [0.3, 0.4) is 0 Å². The molecule has 0 fully saturated rings. The van der Waals surface area contributed by atoms with Crippen molar-refractivity contribution in [3.63, 3.8) is 0 Å². The lowest BCUT2D eigenvalue weighted by molar-refractivity contribution is -0.137. The van der Waals surface area contributed by atoms with Gasteiger partial charge in [0.05, 0.1) is 0 Å². The highest BCUT2D eigenvalue weighted by molar-refractivity contribution is 5.69. The molecule has 0 aliphatic rings. The summed E-state index contributed by atoms with van der Waals surface area (Å²) in [5, 5.41) is 24.9. The lowest BCUT2D eigenvalue weighted by Gasteiger charge is -2.02. The Morgan fingerprint density at radius 2 is 0.933 bits per heavy atom. The smallest absolute Gasteiger partial charge is 0.312 e. The number of carboxylic acid groups (broad SMARTS) is 2. The number of nitrogens with zero attached hydrogens (tertiary/aromatic N) is 4. The van der Waals surface area contributed by atoms with Crippen molar-refractivity contribution in [3.8, 4) is 0 Å². The standard InChI is InChI=1S/C20H30N4O6/c25-19(26)13-17-21-15(23-29-17)11-9-7-5-3-1-2-4-6-8-10-12-16-22-18(30-24-16)14-20(27)28/h1-14H2,(H,25,26)(H,27,28). The molecule has 2 aromatic rings. The van der Waals surface area contributed by atoms with Crippen LogP contribution in [0.1, 0.15) is 87.6 Å². The third kappa shape index (κ3) is 10.1. The molecule has 0 bridgehead atoms. The minimum atomic E-state index is -0.969. The number of aromatic nitrogens is 4. The molecule has 10 nitrogen and oxygen atoms in total. The van der Waals surface area contributed by atoms with Gasteiger partial charge in [-0.25, -0.2) is 0 Å². The van der Waals surface area contributed by atoms with E-state index in [4.69, 9.17) is 19.3 Å². The first-order valence-corrected chi connectivity index (χ1v) is 10.6. The third-order valence-corrected chi connectivity index (χ3v) is 4.68. The number of hydrogen-bond donors (Lipinski definition) is 2. The molecule has 166 valence electrons. The molecule has 0 saturated carbocycles. The highest BCUT2D eigenvalue weighted by Gasteiger charge is 2.10. The fraction of sp³-hybridized carbons (Fsp3) is 0.700. The van der Waals surface area contributed by atoms with Crippen LogP contribution in [0.15, 0.2) is 9.05 Å². The molecule has 0 atom stereocenters. The predicted octanol–water partition coefficient (Wildman–Crippen LogP) is 3.39. The minimum absolute atomic E-state index is 0.165. The third-order valence-electron chi connectivity index (χ3n) is 4.68. The molecule has 0 radical (unpaired) electrons. The fourth-order valence-corrected chi connectivity index (χ4v) is 3.17. The molecule has 2 aromatic heterocycles. The number of rotatable bonds is 17. The first-order valence-electron chi connectivity index (χ1n) is 10.6. The van der Waals surface area contributed by atoms with E-state index in [2.05, 4.69) is 20.3 Å². The molecule has 30 heavy (non-hydrogen) atoms. The van der Waals surface area contributed by atoms with Gasteiger partial charge in [-0.1, -0.05) is 61.7 Å². The Morgan fingerprint density at radius 3 is 1.27 bits per heavy atom.